The summed E-state index contributed by atoms with van der Waals surface area (Å²) in [5, 5.41) is 21.0. The number of ether oxygens (including phenoxy) is 1. The Morgan fingerprint density at radius 1 is 1.34 bits per heavy atom. The second-order valence-electron chi connectivity index (χ2n) is 5.80. The van der Waals surface area contributed by atoms with Crippen LogP contribution >= 0.6 is 26.3 Å². The van der Waals surface area contributed by atoms with Crippen molar-refractivity contribution >= 4 is 55.1 Å². The number of aromatic nitrogens is 4. The molecule has 29 heavy (non-hydrogen) atoms. The van der Waals surface area contributed by atoms with Gasteiger partial charge < -0.3 is 39.9 Å². The predicted octanol–water partition coefficient (Wildman–Crippen LogP) is -0.908. The topological polar surface area (TPSA) is 216 Å². The van der Waals surface area contributed by atoms with Crippen LogP contribution in [-0.4, -0.2) is 75.6 Å². The number of nitrogens with two attached hydrogens (primary N) is 1. The van der Waals surface area contributed by atoms with Gasteiger partial charge in [-0.15, -0.1) is 0 Å². The fourth-order valence-electron chi connectivity index (χ4n) is 2.62. The molecule has 1 aliphatic rings. The molecule has 1 aliphatic heterocycles. The van der Waals surface area contributed by atoms with Gasteiger partial charge in [-0.05, 0) is 18.1 Å². The second kappa shape index (κ2) is 8.42. The van der Waals surface area contributed by atoms with E-state index in [1.54, 1.807) is 6.26 Å². The molecule has 0 aromatic carbocycles. The van der Waals surface area contributed by atoms with E-state index in [4.69, 9.17) is 24.8 Å². The van der Waals surface area contributed by atoms with Crippen molar-refractivity contribution in [1.82, 2.24) is 19.5 Å². The Hall–Kier alpha value is -0.740. The highest BCUT2D eigenvalue weighted by Gasteiger charge is 2.45. The van der Waals surface area contributed by atoms with Crippen LogP contribution in [0.2, 0.25) is 0 Å². The lowest BCUT2D eigenvalue weighted by molar-refractivity contribution is -0.0486. The van der Waals surface area contributed by atoms with Gasteiger partial charge >= 0.3 is 14.5 Å². The molecular formula is C11H17N5O9P2S2. The van der Waals surface area contributed by atoms with Gasteiger partial charge in [-0.2, -0.15) is 0 Å². The SMILES string of the molecule is CSc1nc(N)c2ncn(C3OC(COP(O)(=S)OP(=O)(O)O)C(O)C3O)c2n1. The minimum absolute atomic E-state index is 0.126. The van der Waals surface area contributed by atoms with Gasteiger partial charge in [0.2, 0.25) is 0 Å². The highest BCUT2D eigenvalue weighted by Crippen LogP contribution is 2.58. The van der Waals surface area contributed by atoms with Crippen molar-refractivity contribution in [2.45, 2.75) is 29.7 Å². The molecular weight excluding hydrogens is 472 g/mol. The van der Waals surface area contributed by atoms with Crippen LogP contribution in [0, 0.1) is 0 Å². The smallest absolute Gasteiger partial charge is 0.387 e. The second-order valence-corrected chi connectivity index (χ2v) is 10.8. The lowest BCUT2D eigenvalue weighted by Gasteiger charge is -2.19. The molecule has 5 unspecified atom stereocenters. The molecule has 5 atom stereocenters. The van der Waals surface area contributed by atoms with Crippen molar-refractivity contribution in [1.29, 1.82) is 0 Å². The van der Waals surface area contributed by atoms with E-state index in [-0.39, 0.29) is 17.0 Å². The molecule has 7 N–H and O–H groups in total. The molecule has 0 spiro atoms. The zero-order valence-electron chi connectivity index (χ0n) is 14.5. The van der Waals surface area contributed by atoms with Crippen LogP contribution in [0.15, 0.2) is 11.5 Å². The molecule has 162 valence electrons. The van der Waals surface area contributed by atoms with E-state index in [9.17, 15) is 19.7 Å². The number of anilines is 1. The minimum Gasteiger partial charge on any atom is -0.387 e. The van der Waals surface area contributed by atoms with Crippen molar-refractivity contribution in [2.24, 2.45) is 0 Å². The maximum atomic E-state index is 10.8. The summed E-state index contributed by atoms with van der Waals surface area (Å²) in [7, 11) is -5.09. The highest BCUT2D eigenvalue weighted by molar-refractivity contribution is 8.08. The number of fused-ring (bicyclic) bond motifs is 1. The molecule has 0 radical (unpaired) electrons. The van der Waals surface area contributed by atoms with Crippen molar-refractivity contribution in [2.75, 3.05) is 18.6 Å². The maximum absolute atomic E-state index is 10.8. The van der Waals surface area contributed by atoms with Crippen LogP contribution in [-0.2, 0) is 29.9 Å². The van der Waals surface area contributed by atoms with Gasteiger partial charge in [0, 0.05) is 0 Å². The van der Waals surface area contributed by atoms with E-state index in [0.717, 1.165) is 0 Å². The van der Waals surface area contributed by atoms with Gasteiger partial charge in [0.1, 0.15) is 23.8 Å². The molecule has 18 heteroatoms. The zero-order chi connectivity index (χ0) is 21.6. The Bertz CT molecular complexity index is 1000. The summed E-state index contributed by atoms with van der Waals surface area (Å²) < 4.78 is 26.6. The van der Waals surface area contributed by atoms with Gasteiger partial charge in [-0.1, -0.05) is 11.8 Å². The Kier molecular flexibility index (Phi) is 6.66. The number of phosphoric acid groups is 1. The van der Waals surface area contributed by atoms with E-state index in [0.29, 0.717) is 5.16 Å². The number of aliphatic hydroxyl groups is 2. The molecule has 0 saturated carbocycles. The molecule has 0 aliphatic carbocycles. The number of nitrogens with zero attached hydrogens (tertiary/aromatic N) is 4. The Morgan fingerprint density at radius 2 is 2.03 bits per heavy atom. The third-order valence-electron chi connectivity index (χ3n) is 3.83. The van der Waals surface area contributed by atoms with Crippen LogP contribution in [0.25, 0.3) is 11.2 Å². The summed E-state index contributed by atoms with van der Waals surface area (Å²) in [4.78, 5) is 39.6. The van der Waals surface area contributed by atoms with Gasteiger partial charge in [0.25, 0.3) is 0 Å². The molecule has 1 saturated heterocycles. The highest BCUT2D eigenvalue weighted by atomic mass is 32.5. The molecule has 0 amide bonds. The summed E-state index contributed by atoms with van der Waals surface area (Å²) >= 11 is 5.73. The van der Waals surface area contributed by atoms with Gasteiger partial charge in [0.05, 0.1) is 12.9 Å². The fourth-order valence-corrected chi connectivity index (χ4v) is 5.55. The van der Waals surface area contributed by atoms with Crippen LogP contribution in [0.5, 0.6) is 0 Å². The predicted molar refractivity (Wildman–Crippen MR) is 103 cm³/mol. The monoisotopic (exact) mass is 489 g/mol. The summed E-state index contributed by atoms with van der Waals surface area (Å²) in [6.07, 6.45) is -2.24. The molecule has 14 nitrogen and oxygen atoms in total. The molecule has 2 aromatic heterocycles. The number of hydrogen-bond acceptors (Lipinski definition) is 12. The van der Waals surface area contributed by atoms with Gasteiger partial charge in [-0.3, -0.25) is 4.57 Å². The van der Waals surface area contributed by atoms with Crippen LogP contribution in [0.1, 0.15) is 6.23 Å². The minimum atomic E-state index is -5.09. The van der Waals surface area contributed by atoms with Crippen molar-refractivity contribution in [3.63, 3.8) is 0 Å². The van der Waals surface area contributed by atoms with E-state index >= 15 is 0 Å². The van der Waals surface area contributed by atoms with Crippen molar-refractivity contribution in [3.05, 3.63) is 6.33 Å². The van der Waals surface area contributed by atoms with E-state index in [1.807, 2.05) is 0 Å². The first-order valence-electron chi connectivity index (χ1n) is 7.71. The molecule has 3 rings (SSSR count). The quantitative estimate of drug-likeness (QED) is 0.158. The molecule has 0 bridgehead atoms. The summed E-state index contributed by atoms with van der Waals surface area (Å²) in [5.74, 6) is 0.126. The first-order valence-corrected chi connectivity index (χ1v) is 13.1. The van der Waals surface area contributed by atoms with E-state index in [1.165, 1.54) is 22.7 Å². The molecule has 3 heterocycles. The maximum Gasteiger partial charge on any atom is 0.476 e. The number of nitrogen functional groups attached to an aromatic ring is 1. The third-order valence-corrected chi connectivity index (χ3v) is 7.45. The van der Waals surface area contributed by atoms with Crippen molar-refractivity contribution in [3.8, 4) is 0 Å². The van der Waals surface area contributed by atoms with Gasteiger partial charge in [-0.25, -0.2) is 23.8 Å². The first-order chi connectivity index (χ1) is 13.4. The first kappa shape index (κ1) is 22.9. The normalized spacial score (nSPS) is 27.4. The number of thioether (sulfide) groups is 1. The number of aliphatic hydroxyl groups excluding tert-OH is 2. The average molecular weight is 489 g/mol. The Balaban J connectivity index is 1.80. The fraction of sp³-hybridized carbons (Fsp3) is 0.545. The van der Waals surface area contributed by atoms with E-state index in [2.05, 4.69) is 31.1 Å². The zero-order valence-corrected chi connectivity index (χ0v) is 18.0. The summed E-state index contributed by atoms with van der Waals surface area (Å²) in [6, 6.07) is 0. The third kappa shape index (κ3) is 5.12. The standard InChI is InChI=1S/C11H17N5O9P2S2/c1-29-11-14-8(12)5-9(15-11)16(3-13-5)10-7(18)6(17)4(24-10)2-23-27(22,28)25-26(19,20)21/h3-4,6-7,10,17-18H,2H2,1H3,(H,22,28)(H2,12,14,15)(H2,19,20,21). The molecule has 2 aromatic rings. The lowest BCUT2D eigenvalue weighted by atomic mass is 10.1. The summed E-state index contributed by atoms with van der Waals surface area (Å²) in [5.41, 5.74) is 6.39. The van der Waals surface area contributed by atoms with Gasteiger partial charge in [0.15, 0.2) is 22.8 Å². The average Bonchev–Trinajstić information content (AvgIpc) is 3.13. The summed E-state index contributed by atoms with van der Waals surface area (Å²) in [6.45, 7) is -4.92. The number of imidazole rings is 1. The van der Waals surface area contributed by atoms with E-state index < -0.39 is 45.7 Å². The number of rotatable bonds is 7. The van der Waals surface area contributed by atoms with Crippen LogP contribution in [0.4, 0.5) is 5.82 Å². The lowest BCUT2D eigenvalue weighted by Crippen LogP contribution is -2.33. The van der Waals surface area contributed by atoms with Crippen LogP contribution in [0.3, 0.4) is 0 Å². The van der Waals surface area contributed by atoms with Crippen LogP contribution < -0.4 is 5.73 Å². The Labute approximate surface area is 172 Å². The molecule has 1 fully saturated rings. The Morgan fingerprint density at radius 3 is 2.66 bits per heavy atom. The largest absolute Gasteiger partial charge is 0.476 e. The number of hydrogen-bond donors (Lipinski definition) is 6. The van der Waals surface area contributed by atoms with Crippen molar-refractivity contribution < 1.29 is 43.0 Å².